The monoisotopic (exact) mass is 413 g/mol. The van der Waals surface area contributed by atoms with Crippen LogP contribution < -0.4 is 16.8 Å². The molecule has 1 amide bonds. The second-order valence-corrected chi connectivity index (χ2v) is 5.50. The van der Waals surface area contributed by atoms with Gasteiger partial charge in [0, 0.05) is 18.5 Å². The summed E-state index contributed by atoms with van der Waals surface area (Å²) in [5.41, 5.74) is 12.6. The van der Waals surface area contributed by atoms with Crippen molar-refractivity contribution in [1.82, 2.24) is 5.32 Å². The van der Waals surface area contributed by atoms with Crippen LogP contribution >= 0.6 is 0 Å². The van der Waals surface area contributed by atoms with Crippen LogP contribution in [-0.4, -0.2) is 71.6 Å². The molecule has 0 fully saturated rings. The van der Waals surface area contributed by atoms with E-state index in [1.165, 1.54) is 0 Å². The van der Waals surface area contributed by atoms with Crippen LogP contribution in [0.3, 0.4) is 0 Å². The molecule has 1 rings (SSSR count). The van der Waals surface area contributed by atoms with Crippen LogP contribution in [0.2, 0.25) is 0 Å². The van der Waals surface area contributed by atoms with Gasteiger partial charge in [0.25, 0.3) is 5.91 Å². The molecule has 0 bridgehead atoms. The van der Waals surface area contributed by atoms with Crippen LogP contribution in [0.5, 0.6) is 0 Å². The van der Waals surface area contributed by atoms with Gasteiger partial charge in [-0.3, -0.25) is 4.79 Å². The number of nitrogens with two attached hydrogens (primary N) is 2. The Morgan fingerprint density at radius 2 is 1.38 bits per heavy atom. The van der Waals surface area contributed by atoms with Crippen molar-refractivity contribution in [2.75, 3.05) is 70.9 Å². The van der Waals surface area contributed by atoms with Gasteiger partial charge in [-0.15, -0.1) is 0 Å². The molecule has 1 aromatic rings. The van der Waals surface area contributed by atoms with Crippen LogP contribution in [0.25, 0.3) is 0 Å². The summed E-state index contributed by atoms with van der Waals surface area (Å²) in [5.74, 6) is -0.228. The van der Waals surface area contributed by atoms with E-state index in [0.29, 0.717) is 82.8 Å². The summed E-state index contributed by atoms with van der Waals surface area (Å²) in [6.45, 7) is 7.94. The molecule has 9 heteroatoms. The maximum Gasteiger partial charge on any atom is 0.251 e. The zero-order valence-electron chi connectivity index (χ0n) is 17.5. The molecule has 0 aliphatic heterocycles. The molecule has 1 aromatic carbocycles. The smallest absolute Gasteiger partial charge is 0.251 e. The Morgan fingerprint density at radius 3 is 1.90 bits per heavy atom. The normalized spacial score (nSPS) is 10.1. The summed E-state index contributed by atoms with van der Waals surface area (Å²) in [7, 11) is 0. The fraction of sp³-hybridized carbons (Fsp3) is 0.600. The Labute approximate surface area is 173 Å². The van der Waals surface area contributed by atoms with Gasteiger partial charge >= 0.3 is 0 Å². The number of aldehydes is 1. The molecule has 9 nitrogen and oxygen atoms in total. The van der Waals surface area contributed by atoms with Gasteiger partial charge in [0.1, 0.15) is 6.29 Å². The van der Waals surface area contributed by atoms with E-state index < -0.39 is 0 Å². The average molecular weight is 414 g/mol. The van der Waals surface area contributed by atoms with Gasteiger partial charge in [-0.25, -0.2) is 0 Å². The van der Waals surface area contributed by atoms with Gasteiger partial charge in [-0.2, -0.15) is 0 Å². The van der Waals surface area contributed by atoms with Crippen molar-refractivity contribution in [3.63, 3.8) is 0 Å². The summed E-state index contributed by atoms with van der Waals surface area (Å²) in [5, 5.41) is 2.74. The zero-order chi connectivity index (χ0) is 21.7. The van der Waals surface area contributed by atoms with Gasteiger partial charge in [0.2, 0.25) is 0 Å². The van der Waals surface area contributed by atoms with Gasteiger partial charge in [-0.1, -0.05) is 13.8 Å². The minimum Gasteiger partial charge on any atom is -0.397 e. The fourth-order valence-electron chi connectivity index (χ4n) is 1.95. The lowest BCUT2D eigenvalue weighted by molar-refractivity contribution is -0.108. The average Bonchev–Trinajstić information content (AvgIpc) is 2.74. The Bertz CT molecular complexity index is 557. The summed E-state index contributed by atoms with van der Waals surface area (Å²) < 4.78 is 21.2. The number of nitrogen functional groups attached to an aromatic ring is 2. The lowest BCUT2D eigenvalue weighted by atomic mass is 10.1. The molecular weight excluding hydrogens is 378 g/mol. The molecule has 0 saturated carbocycles. The quantitative estimate of drug-likeness (QED) is 0.209. The van der Waals surface area contributed by atoms with Crippen LogP contribution in [0.15, 0.2) is 18.2 Å². The van der Waals surface area contributed by atoms with Crippen LogP contribution in [-0.2, 0) is 23.7 Å². The van der Waals surface area contributed by atoms with E-state index in [1.54, 1.807) is 18.2 Å². The first-order valence-corrected chi connectivity index (χ1v) is 9.83. The Kier molecular flexibility index (Phi) is 17.7. The number of nitrogens with one attached hydrogen (secondary N) is 1. The van der Waals surface area contributed by atoms with E-state index in [2.05, 4.69) is 5.32 Å². The summed E-state index contributed by atoms with van der Waals surface area (Å²) in [6, 6.07) is 4.76. The number of amides is 1. The highest BCUT2D eigenvalue weighted by molar-refractivity contribution is 5.95. The first-order chi connectivity index (χ1) is 14.1. The van der Waals surface area contributed by atoms with Crippen molar-refractivity contribution in [3.8, 4) is 0 Å². The third-order valence-corrected chi connectivity index (χ3v) is 3.38. The van der Waals surface area contributed by atoms with Crippen molar-refractivity contribution in [3.05, 3.63) is 23.8 Å². The van der Waals surface area contributed by atoms with Gasteiger partial charge in [0.15, 0.2) is 0 Å². The Morgan fingerprint density at radius 1 is 0.862 bits per heavy atom. The standard InChI is InChI=1S/C18H29N3O6.C2H6/c19-16-3-2-15(14-17(16)20)18(23)21-4-7-25-9-11-27-13-12-26-10-8-24-6-1-5-22;1-2/h2-3,5,14H,1,4,6-13,19-20H2,(H,21,23);1-2H3. The summed E-state index contributed by atoms with van der Waals surface area (Å²) in [6.07, 6.45) is 1.23. The van der Waals surface area contributed by atoms with E-state index in [1.807, 2.05) is 13.8 Å². The number of benzene rings is 1. The van der Waals surface area contributed by atoms with E-state index >= 15 is 0 Å². The maximum atomic E-state index is 11.9. The Hall–Kier alpha value is -2.20. The van der Waals surface area contributed by atoms with Gasteiger partial charge in [0.05, 0.1) is 64.2 Å². The second kappa shape index (κ2) is 19.1. The highest BCUT2D eigenvalue weighted by Gasteiger charge is 2.06. The topological polar surface area (TPSA) is 135 Å². The molecule has 0 radical (unpaired) electrons. The SMILES string of the molecule is CC.Nc1ccc(C(=O)NCCOCCOCCOCCOCCC=O)cc1N. The van der Waals surface area contributed by atoms with Crippen molar-refractivity contribution < 1.29 is 28.5 Å². The number of hydrogen-bond donors (Lipinski definition) is 3. The largest absolute Gasteiger partial charge is 0.397 e. The van der Waals surface area contributed by atoms with Crippen LogP contribution in [0, 0.1) is 0 Å². The van der Waals surface area contributed by atoms with Crippen molar-refractivity contribution >= 4 is 23.6 Å². The molecule has 0 heterocycles. The summed E-state index contributed by atoms with van der Waals surface area (Å²) in [4.78, 5) is 22.0. The number of hydrogen-bond acceptors (Lipinski definition) is 8. The highest BCUT2D eigenvalue weighted by Crippen LogP contribution is 2.15. The van der Waals surface area contributed by atoms with Crippen molar-refractivity contribution in [2.45, 2.75) is 20.3 Å². The first kappa shape index (κ1) is 26.8. The first-order valence-electron chi connectivity index (χ1n) is 9.83. The number of ether oxygens (including phenoxy) is 4. The predicted octanol–water partition coefficient (Wildman–Crippen LogP) is 1.26. The molecule has 5 N–H and O–H groups in total. The number of anilines is 2. The van der Waals surface area contributed by atoms with Crippen molar-refractivity contribution in [2.24, 2.45) is 0 Å². The molecule has 166 valence electrons. The lowest BCUT2D eigenvalue weighted by Crippen LogP contribution is -2.27. The second-order valence-electron chi connectivity index (χ2n) is 5.50. The van der Waals surface area contributed by atoms with Crippen LogP contribution in [0.4, 0.5) is 11.4 Å². The van der Waals surface area contributed by atoms with Gasteiger partial charge in [-0.05, 0) is 18.2 Å². The maximum absolute atomic E-state index is 11.9. The molecule has 0 saturated heterocycles. The molecule has 0 atom stereocenters. The molecule has 0 aromatic heterocycles. The number of carbonyl (C=O) groups is 2. The number of rotatable bonds is 16. The van der Waals surface area contributed by atoms with Crippen molar-refractivity contribution in [1.29, 1.82) is 0 Å². The zero-order valence-corrected chi connectivity index (χ0v) is 17.5. The third kappa shape index (κ3) is 14.5. The minimum atomic E-state index is -0.228. The molecule has 0 aliphatic carbocycles. The molecule has 0 spiro atoms. The van der Waals surface area contributed by atoms with E-state index in [-0.39, 0.29) is 5.91 Å². The Balaban J connectivity index is 0.00000379. The molecular formula is C20H35N3O6. The number of carbonyl (C=O) groups excluding carboxylic acids is 2. The predicted molar refractivity (Wildman–Crippen MR) is 113 cm³/mol. The molecule has 29 heavy (non-hydrogen) atoms. The summed E-state index contributed by atoms with van der Waals surface area (Å²) >= 11 is 0. The van der Waals surface area contributed by atoms with E-state index in [0.717, 1.165) is 6.29 Å². The molecule has 0 aliphatic rings. The van der Waals surface area contributed by atoms with Gasteiger partial charge < -0.3 is 40.5 Å². The molecule has 0 unspecified atom stereocenters. The lowest BCUT2D eigenvalue weighted by Gasteiger charge is -2.08. The third-order valence-electron chi connectivity index (χ3n) is 3.38. The van der Waals surface area contributed by atoms with Crippen LogP contribution in [0.1, 0.15) is 30.6 Å². The fourth-order valence-corrected chi connectivity index (χ4v) is 1.95. The van der Waals surface area contributed by atoms with E-state index in [4.69, 9.17) is 30.4 Å². The highest BCUT2D eigenvalue weighted by atomic mass is 16.6. The van der Waals surface area contributed by atoms with E-state index in [9.17, 15) is 9.59 Å². The minimum absolute atomic E-state index is 0.228.